The summed E-state index contributed by atoms with van der Waals surface area (Å²) in [6, 6.07) is 6.32. The van der Waals surface area contributed by atoms with E-state index in [0.717, 1.165) is 5.56 Å². The van der Waals surface area contributed by atoms with Crippen molar-refractivity contribution < 1.29 is 13.9 Å². The van der Waals surface area contributed by atoms with E-state index in [1.54, 1.807) is 23.6 Å². The number of amides is 1. The largest absolute Gasteiger partial charge is 0.378 e. The molecular formula is C17H21FN2O2S. The lowest BCUT2D eigenvalue weighted by Gasteiger charge is -2.35. The lowest BCUT2D eigenvalue weighted by molar-refractivity contribution is 0.0559. The topological polar surface area (TPSA) is 42.4 Å². The van der Waals surface area contributed by atoms with Gasteiger partial charge in [0.1, 0.15) is 10.7 Å². The minimum absolute atomic E-state index is 0.115. The number of rotatable bonds is 5. The van der Waals surface area contributed by atoms with Crippen LogP contribution in [0.2, 0.25) is 0 Å². The Hall–Kier alpha value is -1.79. The molecule has 0 fully saturated rings. The molecule has 1 heterocycles. The molecule has 0 atom stereocenters. The summed E-state index contributed by atoms with van der Waals surface area (Å²) in [5, 5.41) is 0. The monoisotopic (exact) mass is 336 g/mol. The molecule has 6 heteroatoms. The van der Waals surface area contributed by atoms with Gasteiger partial charge in [0.15, 0.2) is 0 Å². The molecule has 0 unspecified atom stereocenters. The quantitative estimate of drug-likeness (QED) is 0.832. The summed E-state index contributed by atoms with van der Waals surface area (Å²) in [7, 11) is 1.57. The highest BCUT2D eigenvalue weighted by atomic mass is 32.1. The summed E-state index contributed by atoms with van der Waals surface area (Å²) in [6.45, 7) is 6.51. The second-order valence-corrected chi connectivity index (χ2v) is 7.11. The van der Waals surface area contributed by atoms with Gasteiger partial charge in [0.05, 0.1) is 17.8 Å². The van der Waals surface area contributed by atoms with Crippen LogP contribution in [0, 0.1) is 5.82 Å². The summed E-state index contributed by atoms with van der Waals surface area (Å²) in [5.74, 6) is -0.419. The molecule has 0 aliphatic carbocycles. The Bertz CT molecular complexity index is 679. The van der Waals surface area contributed by atoms with Gasteiger partial charge in [-0.25, -0.2) is 9.37 Å². The number of ether oxygens (including phenoxy) is 1. The molecule has 0 aliphatic heterocycles. The van der Waals surface area contributed by atoms with Crippen LogP contribution in [0.4, 0.5) is 4.39 Å². The lowest BCUT2D eigenvalue weighted by Crippen LogP contribution is -2.45. The van der Waals surface area contributed by atoms with Crippen LogP contribution in [0.15, 0.2) is 29.8 Å². The molecule has 1 aromatic carbocycles. The van der Waals surface area contributed by atoms with Crippen molar-refractivity contribution in [2.45, 2.75) is 39.5 Å². The van der Waals surface area contributed by atoms with Gasteiger partial charge in [-0.1, -0.05) is 12.1 Å². The standard InChI is InChI=1S/C17H21FN2O2S/c1-17(2,3)20(9-12-6-5-7-13(18)8-12)16(21)15-14(10-22-4)19-11-23-15/h5-8,11H,9-10H2,1-4H3. The van der Waals surface area contributed by atoms with Crippen LogP contribution < -0.4 is 0 Å². The first kappa shape index (κ1) is 17.6. The van der Waals surface area contributed by atoms with Crippen molar-refractivity contribution in [3.8, 4) is 0 Å². The summed E-state index contributed by atoms with van der Waals surface area (Å²) >= 11 is 1.30. The second kappa shape index (κ2) is 7.19. The molecular weight excluding hydrogens is 315 g/mol. The van der Waals surface area contributed by atoms with Crippen molar-refractivity contribution in [3.63, 3.8) is 0 Å². The third-order valence-corrected chi connectivity index (χ3v) is 4.26. The molecule has 2 rings (SSSR count). The number of hydrogen-bond acceptors (Lipinski definition) is 4. The van der Waals surface area contributed by atoms with Gasteiger partial charge >= 0.3 is 0 Å². The van der Waals surface area contributed by atoms with E-state index in [1.165, 1.54) is 23.5 Å². The highest BCUT2D eigenvalue weighted by molar-refractivity contribution is 7.11. The SMILES string of the molecule is COCc1ncsc1C(=O)N(Cc1cccc(F)c1)C(C)(C)C. The molecule has 2 aromatic rings. The van der Waals surface area contributed by atoms with Gasteiger partial charge in [0.2, 0.25) is 0 Å². The van der Waals surface area contributed by atoms with Crippen molar-refractivity contribution in [2.75, 3.05) is 7.11 Å². The molecule has 1 aromatic heterocycles. The zero-order chi connectivity index (χ0) is 17.0. The normalized spacial score (nSPS) is 11.5. The average molecular weight is 336 g/mol. The first-order chi connectivity index (χ1) is 10.8. The van der Waals surface area contributed by atoms with Crippen LogP contribution in [0.25, 0.3) is 0 Å². The van der Waals surface area contributed by atoms with Crippen LogP contribution >= 0.6 is 11.3 Å². The van der Waals surface area contributed by atoms with E-state index in [9.17, 15) is 9.18 Å². The van der Waals surface area contributed by atoms with Crippen LogP contribution in [-0.4, -0.2) is 28.4 Å². The van der Waals surface area contributed by atoms with Gasteiger partial charge in [-0.3, -0.25) is 4.79 Å². The van der Waals surface area contributed by atoms with Gasteiger partial charge < -0.3 is 9.64 Å². The number of benzene rings is 1. The van der Waals surface area contributed by atoms with Gasteiger partial charge in [0.25, 0.3) is 5.91 Å². The molecule has 4 nitrogen and oxygen atoms in total. The van der Waals surface area contributed by atoms with Gasteiger partial charge in [-0.05, 0) is 38.5 Å². The number of hydrogen-bond donors (Lipinski definition) is 0. The highest BCUT2D eigenvalue weighted by Crippen LogP contribution is 2.24. The second-order valence-electron chi connectivity index (χ2n) is 6.25. The molecule has 23 heavy (non-hydrogen) atoms. The summed E-state index contributed by atoms with van der Waals surface area (Å²) in [4.78, 5) is 19.5. The molecule has 0 saturated carbocycles. The molecule has 0 saturated heterocycles. The van der Waals surface area contributed by atoms with Gasteiger partial charge in [-0.15, -0.1) is 11.3 Å². The Balaban J connectivity index is 2.31. The third kappa shape index (κ3) is 4.36. The Morgan fingerprint density at radius 3 is 2.74 bits per heavy atom. The van der Waals surface area contributed by atoms with E-state index in [4.69, 9.17) is 4.74 Å². The smallest absolute Gasteiger partial charge is 0.266 e. The number of carbonyl (C=O) groups is 1. The predicted octanol–water partition coefficient (Wildman–Crippen LogP) is 3.87. The minimum atomic E-state index is -0.405. The van der Waals surface area contributed by atoms with E-state index in [-0.39, 0.29) is 11.7 Å². The summed E-state index contributed by atoms with van der Waals surface area (Å²) in [5.41, 5.74) is 2.63. The minimum Gasteiger partial charge on any atom is -0.378 e. The highest BCUT2D eigenvalue weighted by Gasteiger charge is 2.30. The van der Waals surface area contributed by atoms with Crippen LogP contribution in [0.5, 0.6) is 0 Å². The molecule has 124 valence electrons. The summed E-state index contributed by atoms with van der Waals surface area (Å²) in [6.07, 6.45) is 0. The molecule has 0 N–H and O–H groups in total. The first-order valence-electron chi connectivity index (χ1n) is 7.30. The fraction of sp³-hybridized carbons (Fsp3) is 0.412. The van der Waals surface area contributed by atoms with Crippen molar-refractivity contribution in [1.29, 1.82) is 0 Å². The van der Waals surface area contributed by atoms with Gasteiger partial charge in [-0.2, -0.15) is 0 Å². The maximum atomic E-state index is 13.4. The van der Waals surface area contributed by atoms with Crippen molar-refractivity contribution in [3.05, 3.63) is 51.7 Å². The molecule has 1 amide bonds. The molecule has 0 aliphatic rings. The molecule has 0 spiro atoms. The third-order valence-electron chi connectivity index (χ3n) is 3.40. The number of thiazole rings is 1. The number of halogens is 1. The van der Waals surface area contributed by atoms with Crippen LogP contribution in [-0.2, 0) is 17.9 Å². The fourth-order valence-electron chi connectivity index (χ4n) is 2.24. The van der Waals surface area contributed by atoms with Gasteiger partial charge in [0, 0.05) is 19.2 Å². The summed E-state index contributed by atoms with van der Waals surface area (Å²) < 4.78 is 18.5. The average Bonchev–Trinajstić information content (AvgIpc) is 2.92. The number of methoxy groups -OCH3 is 1. The van der Waals surface area contributed by atoms with E-state index < -0.39 is 5.54 Å². The first-order valence-corrected chi connectivity index (χ1v) is 8.18. The van der Waals surface area contributed by atoms with E-state index in [1.807, 2.05) is 26.8 Å². The van der Waals surface area contributed by atoms with Crippen molar-refractivity contribution in [2.24, 2.45) is 0 Å². The van der Waals surface area contributed by atoms with Crippen LogP contribution in [0.3, 0.4) is 0 Å². The van der Waals surface area contributed by atoms with E-state index >= 15 is 0 Å². The number of carbonyl (C=O) groups excluding carboxylic acids is 1. The van der Waals surface area contributed by atoms with Crippen molar-refractivity contribution in [1.82, 2.24) is 9.88 Å². The predicted molar refractivity (Wildman–Crippen MR) is 88.9 cm³/mol. The van der Waals surface area contributed by atoms with E-state index in [0.29, 0.717) is 23.7 Å². The Kier molecular flexibility index (Phi) is 5.49. The maximum Gasteiger partial charge on any atom is 0.266 e. The Morgan fingerprint density at radius 1 is 1.39 bits per heavy atom. The zero-order valence-corrected chi connectivity index (χ0v) is 14.6. The van der Waals surface area contributed by atoms with Crippen LogP contribution in [0.1, 0.15) is 41.7 Å². The number of aromatic nitrogens is 1. The Labute approximate surface area is 139 Å². The Morgan fingerprint density at radius 2 is 2.13 bits per heavy atom. The zero-order valence-electron chi connectivity index (χ0n) is 13.8. The molecule has 0 radical (unpaired) electrons. The lowest BCUT2D eigenvalue weighted by atomic mass is 10.0. The molecule has 0 bridgehead atoms. The fourth-order valence-corrected chi connectivity index (χ4v) is 2.98. The number of nitrogens with zero attached hydrogens (tertiary/aromatic N) is 2. The van der Waals surface area contributed by atoms with E-state index in [2.05, 4.69) is 4.98 Å². The maximum absolute atomic E-state index is 13.4. The van der Waals surface area contributed by atoms with Crippen molar-refractivity contribution >= 4 is 17.2 Å².